The lowest BCUT2D eigenvalue weighted by atomic mass is 10.1. The molecule has 2 aromatic carbocycles. The van der Waals surface area contributed by atoms with E-state index in [1.165, 1.54) is 11.3 Å². The van der Waals surface area contributed by atoms with E-state index in [1.807, 2.05) is 12.1 Å². The summed E-state index contributed by atoms with van der Waals surface area (Å²) in [5.74, 6) is -0.113. The van der Waals surface area contributed by atoms with Gasteiger partial charge in [0.05, 0.1) is 5.56 Å². The fraction of sp³-hybridized carbons (Fsp3) is 0.278. The predicted molar refractivity (Wildman–Crippen MR) is 105 cm³/mol. The van der Waals surface area contributed by atoms with Gasteiger partial charge in [0.25, 0.3) is 5.91 Å². The second-order valence-electron chi connectivity index (χ2n) is 5.72. The Morgan fingerprint density at radius 3 is 2.58 bits per heavy atom. The van der Waals surface area contributed by atoms with E-state index in [4.69, 9.17) is 5.73 Å². The van der Waals surface area contributed by atoms with Gasteiger partial charge in [-0.15, -0.1) is 24.8 Å². The van der Waals surface area contributed by atoms with Crippen LogP contribution in [0.4, 0.5) is 11.4 Å². The molecule has 2 aromatic rings. The van der Waals surface area contributed by atoms with Crippen LogP contribution in [0.25, 0.3) is 0 Å². The van der Waals surface area contributed by atoms with Gasteiger partial charge in [0.15, 0.2) is 0 Å². The molecule has 1 aliphatic rings. The van der Waals surface area contributed by atoms with Gasteiger partial charge in [0.1, 0.15) is 0 Å². The van der Waals surface area contributed by atoms with Crippen molar-refractivity contribution in [1.82, 2.24) is 5.32 Å². The first kappa shape index (κ1) is 20.1. The highest BCUT2D eigenvalue weighted by atomic mass is 35.5. The van der Waals surface area contributed by atoms with Gasteiger partial charge in [-0.05, 0) is 37.1 Å². The molecule has 4 nitrogen and oxygen atoms in total. The van der Waals surface area contributed by atoms with Crippen LogP contribution in [-0.4, -0.2) is 25.0 Å². The van der Waals surface area contributed by atoms with Crippen LogP contribution >= 0.6 is 24.8 Å². The van der Waals surface area contributed by atoms with Gasteiger partial charge >= 0.3 is 0 Å². The molecule has 1 heterocycles. The molecule has 0 saturated heterocycles. The van der Waals surface area contributed by atoms with E-state index in [1.54, 1.807) is 12.1 Å². The third-order valence-electron chi connectivity index (χ3n) is 4.22. The Morgan fingerprint density at radius 1 is 1.17 bits per heavy atom. The zero-order chi connectivity index (χ0) is 15.5. The summed E-state index contributed by atoms with van der Waals surface area (Å²) < 4.78 is 0. The molecule has 0 aliphatic carbocycles. The first-order valence-electron chi connectivity index (χ1n) is 7.64. The van der Waals surface area contributed by atoms with E-state index in [9.17, 15) is 4.79 Å². The molecule has 0 aromatic heterocycles. The number of benzene rings is 2. The molecule has 0 spiro atoms. The molecule has 0 saturated carbocycles. The van der Waals surface area contributed by atoms with Crippen molar-refractivity contribution in [2.75, 3.05) is 23.7 Å². The van der Waals surface area contributed by atoms with Crippen LogP contribution in [-0.2, 0) is 6.42 Å². The zero-order valence-electron chi connectivity index (χ0n) is 13.6. The summed E-state index contributed by atoms with van der Waals surface area (Å²) >= 11 is 0. The highest BCUT2D eigenvalue weighted by molar-refractivity contribution is 5.99. The van der Waals surface area contributed by atoms with Crippen molar-refractivity contribution in [3.05, 3.63) is 59.7 Å². The van der Waals surface area contributed by atoms with Crippen LogP contribution in [0.15, 0.2) is 48.5 Å². The van der Waals surface area contributed by atoms with E-state index in [0.29, 0.717) is 17.8 Å². The SMILES string of the molecule is CC(CNC(=O)c1ccccc1N)N1CCc2ccccc21.Cl.Cl. The molecule has 130 valence electrons. The molecule has 1 amide bonds. The first-order valence-corrected chi connectivity index (χ1v) is 7.64. The maximum atomic E-state index is 12.2. The number of amides is 1. The van der Waals surface area contributed by atoms with Crippen LogP contribution in [0.2, 0.25) is 0 Å². The van der Waals surface area contributed by atoms with Gasteiger partial charge in [-0.25, -0.2) is 0 Å². The van der Waals surface area contributed by atoms with Crippen molar-refractivity contribution in [3.8, 4) is 0 Å². The molecule has 0 fully saturated rings. The average molecular weight is 368 g/mol. The highest BCUT2D eigenvalue weighted by Crippen LogP contribution is 2.28. The highest BCUT2D eigenvalue weighted by Gasteiger charge is 2.23. The molecule has 1 aliphatic heterocycles. The quantitative estimate of drug-likeness (QED) is 0.815. The van der Waals surface area contributed by atoms with Crippen LogP contribution < -0.4 is 16.0 Å². The molecule has 0 radical (unpaired) electrons. The number of anilines is 2. The number of nitrogen functional groups attached to an aromatic ring is 1. The van der Waals surface area contributed by atoms with Crippen molar-refractivity contribution >= 4 is 42.1 Å². The van der Waals surface area contributed by atoms with E-state index >= 15 is 0 Å². The van der Waals surface area contributed by atoms with Gasteiger partial charge in [-0.1, -0.05) is 30.3 Å². The van der Waals surface area contributed by atoms with Crippen molar-refractivity contribution in [1.29, 1.82) is 0 Å². The third kappa shape index (κ3) is 4.13. The van der Waals surface area contributed by atoms with Crippen molar-refractivity contribution in [3.63, 3.8) is 0 Å². The number of carbonyl (C=O) groups excluding carboxylic acids is 1. The Morgan fingerprint density at radius 2 is 1.83 bits per heavy atom. The summed E-state index contributed by atoms with van der Waals surface area (Å²) in [7, 11) is 0. The monoisotopic (exact) mass is 367 g/mol. The largest absolute Gasteiger partial charge is 0.398 e. The molecule has 6 heteroatoms. The number of carbonyl (C=O) groups is 1. The summed E-state index contributed by atoms with van der Waals surface area (Å²) in [6, 6.07) is 15.9. The Hall–Kier alpha value is -1.91. The standard InChI is InChI=1S/C18H21N3O.2ClH/c1-13(21-11-10-14-6-2-5-9-17(14)21)12-20-18(22)15-7-3-4-8-16(15)19;;/h2-9,13H,10-12,19H2,1H3,(H,20,22);2*1H. The minimum atomic E-state index is -0.113. The van der Waals surface area contributed by atoms with Crippen molar-refractivity contribution < 1.29 is 4.79 Å². The van der Waals surface area contributed by atoms with Crippen molar-refractivity contribution in [2.45, 2.75) is 19.4 Å². The second kappa shape index (κ2) is 8.81. The number of nitrogens with one attached hydrogen (secondary N) is 1. The smallest absolute Gasteiger partial charge is 0.253 e. The molecule has 24 heavy (non-hydrogen) atoms. The number of nitrogens with two attached hydrogens (primary N) is 1. The minimum Gasteiger partial charge on any atom is -0.398 e. The van der Waals surface area contributed by atoms with E-state index in [2.05, 4.69) is 41.4 Å². The van der Waals surface area contributed by atoms with E-state index in [0.717, 1.165) is 13.0 Å². The Labute approximate surface area is 155 Å². The Bertz CT molecular complexity index is 693. The maximum absolute atomic E-state index is 12.2. The van der Waals surface area contributed by atoms with Gasteiger partial charge in [-0.3, -0.25) is 4.79 Å². The minimum absolute atomic E-state index is 0. The molecule has 1 unspecified atom stereocenters. The summed E-state index contributed by atoms with van der Waals surface area (Å²) in [5, 5.41) is 2.99. The fourth-order valence-electron chi connectivity index (χ4n) is 2.97. The number of nitrogens with zero attached hydrogens (tertiary/aromatic N) is 1. The third-order valence-corrected chi connectivity index (χ3v) is 4.22. The number of hydrogen-bond donors (Lipinski definition) is 2. The topological polar surface area (TPSA) is 58.4 Å². The fourth-order valence-corrected chi connectivity index (χ4v) is 2.97. The van der Waals surface area contributed by atoms with Gasteiger partial charge in [0, 0.05) is 30.5 Å². The van der Waals surface area contributed by atoms with Crippen LogP contribution in [0.3, 0.4) is 0 Å². The predicted octanol–water partition coefficient (Wildman–Crippen LogP) is 3.29. The summed E-state index contributed by atoms with van der Waals surface area (Å²) in [5.41, 5.74) is 9.56. The molecule has 1 atom stereocenters. The lowest BCUT2D eigenvalue weighted by Crippen LogP contribution is -2.41. The van der Waals surface area contributed by atoms with Crippen LogP contribution in [0, 0.1) is 0 Å². The Balaban J connectivity index is 0.00000144. The van der Waals surface area contributed by atoms with Crippen LogP contribution in [0.1, 0.15) is 22.8 Å². The molecule has 3 rings (SSSR count). The van der Waals surface area contributed by atoms with E-state index < -0.39 is 0 Å². The first-order chi connectivity index (χ1) is 10.7. The molecular weight excluding hydrogens is 345 g/mol. The van der Waals surface area contributed by atoms with Gasteiger partial charge in [-0.2, -0.15) is 0 Å². The lowest BCUT2D eigenvalue weighted by Gasteiger charge is -2.27. The molecular formula is C18H23Cl2N3O. The number of rotatable bonds is 4. The van der Waals surface area contributed by atoms with Gasteiger partial charge < -0.3 is 16.0 Å². The number of hydrogen-bond acceptors (Lipinski definition) is 3. The normalized spacial score (nSPS) is 13.3. The summed E-state index contributed by atoms with van der Waals surface area (Å²) in [6.45, 7) is 3.74. The summed E-state index contributed by atoms with van der Waals surface area (Å²) in [4.78, 5) is 14.6. The number of fused-ring (bicyclic) bond motifs is 1. The van der Waals surface area contributed by atoms with E-state index in [-0.39, 0.29) is 36.8 Å². The summed E-state index contributed by atoms with van der Waals surface area (Å²) in [6.07, 6.45) is 1.07. The molecule has 3 N–H and O–H groups in total. The number of halogens is 2. The average Bonchev–Trinajstić information content (AvgIpc) is 2.97. The maximum Gasteiger partial charge on any atom is 0.253 e. The second-order valence-corrected chi connectivity index (χ2v) is 5.72. The van der Waals surface area contributed by atoms with Gasteiger partial charge in [0.2, 0.25) is 0 Å². The van der Waals surface area contributed by atoms with Crippen molar-refractivity contribution in [2.24, 2.45) is 0 Å². The molecule has 0 bridgehead atoms. The zero-order valence-corrected chi connectivity index (χ0v) is 15.2. The number of para-hydroxylation sites is 2. The Kier molecular flexibility index (Phi) is 7.39. The van der Waals surface area contributed by atoms with Crippen LogP contribution in [0.5, 0.6) is 0 Å². The lowest BCUT2D eigenvalue weighted by molar-refractivity contribution is 0.0952.